The Morgan fingerprint density at radius 1 is 1.20 bits per heavy atom. The number of halogens is 2. The highest BCUT2D eigenvalue weighted by Crippen LogP contribution is 2.31. The first-order valence-corrected chi connectivity index (χ1v) is 6.45. The van der Waals surface area contributed by atoms with Gasteiger partial charge in [0.15, 0.2) is 0 Å². The van der Waals surface area contributed by atoms with Gasteiger partial charge < -0.3 is 0 Å². The fourth-order valence-electron chi connectivity index (χ4n) is 1.66. The molecule has 3 heteroatoms. The number of hydrogen-bond donors (Lipinski definition) is 1. The van der Waals surface area contributed by atoms with E-state index >= 15 is 0 Å². The molecule has 1 aromatic carbocycles. The molecule has 0 aliphatic carbocycles. The molecule has 0 nitrogen and oxygen atoms in total. The van der Waals surface area contributed by atoms with E-state index in [1.54, 1.807) is 0 Å². The number of thiol groups is 1. The van der Waals surface area contributed by atoms with Gasteiger partial charge in [-0.1, -0.05) is 49.9 Å². The van der Waals surface area contributed by atoms with Crippen LogP contribution in [0.4, 0.5) is 0 Å². The number of rotatable bonds is 4. The summed E-state index contributed by atoms with van der Waals surface area (Å²) >= 11 is 16.3. The van der Waals surface area contributed by atoms with Gasteiger partial charge in [-0.2, -0.15) is 0 Å². The van der Waals surface area contributed by atoms with Gasteiger partial charge in [0.25, 0.3) is 0 Å². The fraction of sp³-hybridized carbons (Fsp3) is 0.500. The lowest BCUT2D eigenvalue weighted by Gasteiger charge is -2.13. The topological polar surface area (TPSA) is 0 Å². The molecule has 0 fully saturated rings. The van der Waals surface area contributed by atoms with Gasteiger partial charge in [0.05, 0.1) is 10.0 Å². The van der Waals surface area contributed by atoms with Crippen molar-refractivity contribution >= 4 is 35.8 Å². The normalized spacial score (nSPS) is 11.1. The second-order valence-corrected chi connectivity index (χ2v) is 5.06. The largest absolute Gasteiger partial charge is 0.142 e. The molecule has 0 unspecified atom stereocenters. The predicted molar refractivity (Wildman–Crippen MR) is 71.5 cm³/mol. The zero-order valence-electron chi connectivity index (χ0n) is 9.06. The van der Waals surface area contributed by atoms with Gasteiger partial charge in [-0.25, -0.2) is 0 Å². The first-order chi connectivity index (χ1) is 7.08. The van der Waals surface area contributed by atoms with Gasteiger partial charge in [-0.15, -0.1) is 12.6 Å². The molecule has 84 valence electrons. The predicted octanol–water partition coefficient (Wildman–Crippen LogP) is 5.26. The average molecular weight is 263 g/mol. The summed E-state index contributed by atoms with van der Waals surface area (Å²) in [6, 6.07) is 3.96. The molecule has 0 aromatic heterocycles. The van der Waals surface area contributed by atoms with Crippen LogP contribution in [0.25, 0.3) is 0 Å². The van der Waals surface area contributed by atoms with Crippen LogP contribution in [-0.2, 0) is 6.42 Å². The van der Waals surface area contributed by atoms with Crippen molar-refractivity contribution in [3.8, 4) is 0 Å². The van der Waals surface area contributed by atoms with E-state index in [2.05, 4.69) is 26.5 Å². The molecule has 0 spiro atoms. The molecule has 0 bridgehead atoms. The van der Waals surface area contributed by atoms with Crippen molar-refractivity contribution in [2.75, 3.05) is 0 Å². The van der Waals surface area contributed by atoms with Crippen LogP contribution in [0.15, 0.2) is 17.0 Å². The molecule has 0 heterocycles. The van der Waals surface area contributed by atoms with Gasteiger partial charge in [0.1, 0.15) is 0 Å². The Hall–Kier alpha value is 0.150. The van der Waals surface area contributed by atoms with E-state index in [-0.39, 0.29) is 0 Å². The van der Waals surface area contributed by atoms with E-state index in [1.807, 2.05) is 12.1 Å². The van der Waals surface area contributed by atoms with E-state index < -0.39 is 0 Å². The van der Waals surface area contributed by atoms with Gasteiger partial charge in [-0.05, 0) is 30.0 Å². The number of benzene rings is 1. The molecule has 0 N–H and O–H groups in total. The van der Waals surface area contributed by atoms with Crippen LogP contribution >= 0.6 is 35.8 Å². The van der Waals surface area contributed by atoms with Crippen LogP contribution < -0.4 is 0 Å². The highest BCUT2D eigenvalue weighted by molar-refractivity contribution is 7.80. The van der Waals surface area contributed by atoms with Crippen LogP contribution in [0.1, 0.15) is 32.3 Å². The highest BCUT2D eigenvalue weighted by Gasteiger charge is 2.09. The first-order valence-electron chi connectivity index (χ1n) is 5.25. The van der Waals surface area contributed by atoms with Crippen molar-refractivity contribution in [2.24, 2.45) is 5.92 Å². The molecule has 0 aliphatic heterocycles. The molecule has 0 atom stereocenters. The van der Waals surface area contributed by atoms with E-state index in [4.69, 9.17) is 23.2 Å². The molecule has 0 saturated carbocycles. The van der Waals surface area contributed by atoms with Crippen LogP contribution in [0.5, 0.6) is 0 Å². The van der Waals surface area contributed by atoms with Crippen molar-refractivity contribution in [3.05, 3.63) is 27.7 Å². The van der Waals surface area contributed by atoms with Crippen molar-refractivity contribution in [1.29, 1.82) is 0 Å². The lowest BCUT2D eigenvalue weighted by atomic mass is 9.95. The molecule has 0 saturated heterocycles. The number of hydrogen-bond acceptors (Lipinski definition) is 1. The van der Waals surface area contributed by atoms with Crippen LogP contribution in [-0.4, -0.2) is 0 Å². The van der Waals surface area contributed by atoms with Crippen molar-refractivity contribution in [1.82, 2.24) is 0 Å². The van der Waals surface area contributed by atoms with Crippen molar-refractivity contribution < 1.29 is 0 Å². The SMILES string of the molecule is CCC(CC)Cc1cc(S)c(Cl)c(Cl)c1. The Morgan fingerprint density at radius 2 is 1.80 bits per heavy atom. The highest BCUT2D eigenvalue weighted by atomic mass is 35.5. The smallest absolute Gasteiger partial charge is 0.0725 e. The minimum absolute atomic E-state index is 0.549. The molecular formula is C12H16Cl2S. The van der Waals surface area contributed by atoms with Gasteiger partial charge in [0.2, 0.25) is 0 Å². The maximum Gasteiger partial charge on any atom is 0.0725 e. The van der Waals surface area contributed by atoms with Gasteiger partial charge in [0, 0.05) is 4.90 Å². The Kier molecular flexibility index (Phi) is 5.31. The third-order valence-corrected chi connectivity index (χ3v) is 4.03. The second kappa shape index (κ2) is 6.03. The zero-order valence-corrected chi connectivity index (χ0v) is 11.5. The van der Waals surface area contributed by atoms with E-state index in [0.717, 1.165) is 17.2 Å². The van der Waals surface area contributed by atoms with Gasteiger partial charge >= 0.3 is 0 Å². The third kappa shape index (κ3) is 3.58. The maximum atomic E-state index is 6.01. The fourth-order valence-corrected chi connectivity index (χ4v) is 2.36. The van der Waals surface area contributed by atoms with Gasteiger partial charge in [-0.3, -0.25) is 0 Å². The first kappa shape index (κ1) is 13.2. The molecule has 1 rings (SSSR count). The summed E-state index contributed by atoms with van der Waals surface area (Å²) < 4.78 is 0. The molecular weight excluding hydrogens is 247 g/mol. The molecule has 15 heavy (non-hydrogen) atoms. The van der Waals surface area contributed by atoms with E-state index in [0.29, 0.717) is 10.0 Å². The summed E-state index contributed by atoms with van der Waals surface area (Å²) in [5, 5.41) is 1.15. The summed E-state index contributed by atoms with van der Waals surface area (Å²) in [5.74, 6) is 0.718. The van der Waals surface area contributed by atoms with Crippen LogP contribution in [0.2, 0.25) is 10.0 Å². The zero-order chi connectivity index (χ0) is 11.4. The Morgan fingerprint density at radius 3 is 2.27 bits per heavy atom. The molecule has 0 radical (unpaired) electrons. The minimum Gasteiger partial charge on any atom is -0.142 e. The third-order valence-electron chi connectivity index (χ3n) is 2.75. The lowest BCUT2D eigenvalue weighted by molar-refractivity contribution is 0.490. The summed E-state index contributed by atoms with van der Waals surface area (Å²) in [4.78, 5) is 0.769. The lowest BCUT2D eigenvalue weighted by Crippen LogP contribution is -2.01. The Balaban J connectivity index is 2.87. The van der Waals surface area contributed by atoms with Crippen molar-refractivity contribution in [2.45, 2.75) is 38.0 Å². The Bertz CT molecular complexity index is 309. The monoisotopic (exact) mass is 262 g/mol. The average Bonchev–Trinajstić information content (AvgIpc) is 2.22. The quantitative estimate of drug-likeness (QED) is 0.704. The summed E-state index contributed by atoms with van der Waals surface area (Å²) in [5.41, 5.74) is 1.23. The summed E-state index contributed by atoms with van der Waals surface area (Å²) in [6.45, 7) is 4.43. The van der Waals surface area contributed by atoms with E-state index in [9.17, 15) is 0 Å². The van der Waals surface area contributed by atoms with Crippen LogP contribution in [0, 0.1) is 5.92 Å². The summed E-state index contributed by atoms with van der Waals surface area (Å²) in [6.07, 6.45) is 3.44. The summed E-state index contributed by atoms with van der Waals surface area (Å²) in [7, 11) is 0. The molecule has 0 aliphatic rings. The van der Waals surface area contributed by atoms with Crippen molar-refractivity contribution in [3.63, 3.8) is 0 Å². The minimum atomic E-state index is 0.549. The second-order valence-electron chi connectivity index (χ2n) is 3.80. The maximum absolute atomic E-state index is 6.01. The Labute approximate surface area is 107 Å². The van der Waals surface area contributed by atoms with E-state index in [1.165, 1.54) is 18.4 Å². The molecule has 0 amide bonds. The standard InChI is InChI=1S/C12H16Cl2S/c1-3-8(4-2)5-9-6-10(13)12(14)11(15)7-9/h6-8,15H,3-5H2,1-2H3. The van der Waals surface area contributed by atoms with Crippen LogP contribution in [0.3, 0.4) is 0 Å². The molecule has 1 aromatic rings.